The number of aromatic amines is 1. The summed E-state index contributed by atoms with van der Waals surface area (Å²) in [5, 5.41) is 9.41. The number of methoxy groups -OCH3 is 2. The second-order valence-corrected chi connectivity index (χ2v) is 16.5. The minimum absolute atomic E-state index is 0.0665. The smallest absolute Gasteiger partial charge is 0.280 e. The Kier molecular flexibility index (Phi) is 14.7. The fourth-order valence-corrected chi connectivity index (χ4v) is 9.01. The highest BCUT2D eigenvalue weighted by Crippen LogP contribution is 2.51. The summed E-state index contributed by atoms with van der Waals surface area (Å²) in [6.45, 7) is 10.5. The lowest BCUT2D eigenvalue weighted by Crippen LogP contribution is -2.39. The fourth-order valence-electron chi connectivity index (χ4n) is 7.26. The normalized spacial score (nSPS) is 17.7. The number of amidine groups is 1. The van der Waals surface area contributed by atoms with E-state index < -0.39 is 38.1 Å². The minimum atomic E-state index is -1.67. The van der Waals surface area contributed by atoms with E-state index >= 15 is 0 Å². The molecule has 1 aliphatic heterocycles. The van der Waals surface area contributed by atoms with Gasteiger partial charge in [0.25, 0.3) is 14.1 Å². The minimum Gasteiger partial charge on any atom is -0.497 e. The molecular weight excluding hydrogens is 784 g/mol. The van der Waals surface area contributed by atoms with Crippen LogP contribution in [0.3, 0.4) is 0 Å². The van der Waals surface area contributed by atoms with Gasteiger partial charge in [-0.15, -0.1) is 0 Å². The predicted octanol–water partition coefficient (Wildman–Crippen LogP) is 7.71. The maximum Gasteiger partial charge on any atom is 0.280 e. The molecule has 1 saturated heterocycles. The number of benzene rings is 3. The van der Waals surface area contributed by atoms with Gasteiger partial charge in [0, 0.05) is 32.6 Å². The van der Waals surface area contributed by atoms with Gasteiger partial charge in [-0.25, -0.2) is 14.6 Å². The number of hydrogen-bond acceptors (Lipinski definition) is 12. The van der Waals surface area contributed by atoms with Gasteiger partial charge < -0.3 is 32.9 Å². The first-order valence-electron chi connectivity index (χ1n) is 20.0. The van der Waals surface area contributed by atoms with Crippen molar-refractivity contribution in [2.75, 3.05) is 41.5 Å². The number of aliphatic imine (C=N–C) groups is 1. The number of H-pyrrole nitrogens is 1. The zero-order valence-electron chi connectivity index (χ0n) is 35.7. The average Bonchev–Trinajstić information content (AvgIpc) is 3.85. The van der Waals surface area contributed by atoms with Crippen molar-refractivity contribution in [3.8, 4) is 17.6 Å². The lowest BCUT2D eigenvalue weighted by molar-refractivity contribution is -0.0912. The van der Waals surface area contributed by atoms with Crippen molar-refractivity contribution < 1.29 is 28.0 Å². The SMILES string of the molecule is COc1ccc(C(OC[C@H]2O[C@@H](n3cnc4c(=O)[nH]c(/N=C(\C)N(C)C)nc43)CC2OP(OCCC#N)N(C(C)C)C(C)C)(c2ccccc2)c2ccc(OC)cc2)cc1. The van der Waals surface area contributed by atoms with E-state index in [1.807, 2.05) is 105 Å². The van der Waals surface area contributed by atoms with Crippen molar-refractivity contribution in [2.45, 2.75) is 83.6 Å². The second kappa shape index (κ2) is 19.9. The summed E-state index contributed by atoms with van der Waals surface area (Å²) in [6, 6.07) is 28.1. The van der Waals surface area contributed by atoms with Gasteiger partial charge in [-0.1, -0.05) is 54.6 Å². The van der Waals surface area contributed by atoms with Crippen LogP contribution in [0.2, 0.25) is 0 Å². The van der Waals surface area contributed by atoms with Crippen LogP contribution in [0.4, 0.5) is 5.95 Å². The van der Waals surface area contributed by atoms with Crippen molar-refractivity contribution in [1.82, 2.24) is 29.1 Å². The summed E-state index contributed by atoms with van der Waals surface area (Å²) in [7, 11) is 5.33. The van der Waals surface area contributed by atoms with Crippen LogP contribution in [0.1, 0.15) is 70.4 Å². The summed E-state index contributed by atoms with van der Waals surface area (Å²) in [5.41, 5.74) is 1.56. The molecule has 3 heterocycles. The summed E-state index contributed by atoms with van der Waals surface area (Å²) in [5.74, 6) is 2.23. The molecule has 4 atom stereocenters. The van der Waals surface area contributed by atoms with Gasteiger partial charge >= 0.3 is 0 Å². The molecule has 318 valence electrons. The zero-order valence-corrected chi connectivity index (χ0v) is 36.6. The van der Waals surface area contributed by atoms with Crippen LogP contribution >= 0.6 is 8.53 Å². The Bertz CT molecular complexity index is 2240. The number of nitrogens with one attached hydrogen (secondary N) is 1. The Morgan fingerprint density at radius 1 is 0.983 bits per heavy atom. The van der Waals surface area contributed by atoms with E-state index in [9.17, 15) is 10.1 Å². The number of rotatable bonds is 18. The molecule has 2 aromatic heterocycles. The van der Waals surface area contributed by atoms with Gasteiger partial charge in [-0.3, -0.25) is 14.3 Å². The van der Waals surface area contributed by atoms with Crippen LogP contribution in [-0.2, 0) is 24.1 Å². The first kappa shape index (κ1) is 44.4. The van der Waals surface area contributed by atoms with E-state index in [0.717, 1.165) is 16.7 Å². The number of nitrogens with zero attached hydrogens (tertiary/aromatic N) is 7. The van der Waals surface area contributed by atoms with Crippen LogP contribution in [-0.4, -0.2) is 101 Å². The van der Waals surface area contributed by atoms with Crippen LogP contribution in [0.25, 0.3) is 11.2 Å². The quantitative estimate of drug-likeness (QED) is 0.0301. The standard InChI is InChI=1S/C44H55N8O7P/c1-29(2)52(30(3)4)60(57-25-13-24-45)59-37-26-39(51-28-46-40-41(51)48-43(49-42(40)53)47-31(5)50(6)7)58-38(37)27-56-44(32-14-11-10-12-15-32,33-16-20-35(54-8)21-17-33)34-18-22-36(55-9)23-19-34/h10-12,14-23,28-30,37-39H,13,25-27H2,1-9H3,(H,48,49,53)/b47-31+/t37?,38-,39-,60?/m1/s1. The summed E-state index contributed by atoms with van der Waals surface area (Å²) in [6.07, 6.45) is 0.228. The van der Waals surface area contributed by atoms with Gasteiger partial charge in [-0.2, -0.15) is 10.2 Å². The first-order valence-corrected chi connectivity index (χ1v) is 21.1. The summed E-state index contributed by atoms with van der Waals surface area (Å²) >= 11 is 0. The molecule has 1 fully saturated rings. The summed E-state index contributed by atoms with van der Waals surface area (Å²) in [4.78, 5) is 31.6. The Balaban J connectivity index is 1.46. The number of aromatic nitrogens is 4. The molecule has 3 aromatic carbocycles. The van der Waals surface area contributed by atoms with E-state index in [0.29, 0.717) is 29.4 Å². The van der Waals surface area contributed by atoms with E-state index in [1.54, 1.807) is 25.1 Å². The van der Waals surface area contributed by atoms with Crippen LogP contribution < -0.4 is 15.0 Å². The Hall–Kier alpha value is -5.20. The molecule has 0 radical (unpaired) electrons. The van der Waals surface area contributed by atoms with E-state index in [1.165, 1.54) is 0 Å². The molecular formula is C44H55N8O7P. The third kappa shape index (κ3) is 9.71. The Morgan fingerprint density at radius 2 is 1.58 bits per heavy atom. The molecule has 0 aliphatic carbocycles. The van der Waals surface area contributed by atoms with Crippen LogP contribution in [0, 0.1) is 11.3 Å². The molecule has 5 aromatic rings. The number of imidazole rings is 1. The van der Waals surface area contributed by atoms with Crippen LogP contribution in [0.5, 0.6) is 11.5 Å². The third-order valence-corrected chi connectivity index (χ3v) is 12.5. The molecule has 60 heavy (non-hydrogen) atoms. The molecule has 0 spiro atoms. The molecule has 0 amide bonds. The molecule has 0 bridgehead atoms. The van der Waals surface area contributed by atoms with Crippen molar-refractivity contribution >= 4 is 31.5 Å². The molecule has 16 heteroatoms. The van der Waals surface area contributed by atoms with Crippen molar-refractivity contribution in [3.05, 3.63) is 112 Å². The second-order valence-electron chi connectivity index (χ2n) is 15.1. The lowest BCUT2D eigenvalue weighted by Gasteiger charge is -2.39. The van der Waals surface area contributed by atoms with E-state index in [-0.39, 0.29) is 43.2 Å². The van der Waals surface area contributed by atoms with Gasteiger partial charge in [-0.05, 0) is 75.6 Å². The number of ether oxygens (including phenoxy) is 4. The van der Waals surface area contributed by atoms with E-state index in [4.69, 9.17) is 33.0 Å². The summed E-state index contributed by atoms with van der Waals surface area (Å²) < 4.78 is 42.8. The average molecular weight is 839 g/mol. The molecule has 1 aliphatic rings. The molecule has 0 saturated carbocycles. The Labute approximate surface area is 352 Å². The molecule has 15 nitrogen and oxygen atoms in total. The lowest BCUT2D eigenvalue weighted by atomic mass is 9.80. The van der Waals surface area contributed by atoms with Crippen molar-refractivity contribution in [1.29, 1.82) is 5.26 Å². The number of fused-ring (bicyclic) bond motifs is 1. The highest BCUT2D eigenvalue weighted by atomic mass is 31.2. The largest absolute Gasteiger partial charge is 0.497 e. The molecule has 6 rings (SSSR count). The van der Waals surface area contributed by atoms with Gasteiger partial charge in [0.05, 0.1) is 52.4 Å². The predicted molar refractivity (Wildman–Crippen MR) is 231 cm³/mol. The van der Waals surface area contributed by atoms with Crippen molar-refractivity contribution in [3.63, 3.8) is 0 Å². The van der Waals surface area contributed by atoms with E-state index in [2.05, 4.69) is 53.4 Å². The first-order chi connectivity index (χ1) is 28.9. The maximum absolute atomic E-state index is 13.3. The van der Waals surface area contributed by atoms with Crippen molar-refractivity contribution in [2.24, 2.45) is 4.99 Å². The number of nitriles is 1. The monoisotopic (exact) mass is 838 g/mol. The van der Waals surface area contributed by atoms with Gasteiger partial charge in [0.15, 0.2) is 11.2 Å². The zero-order chi connectivity index (χ0) is 43.0. The fraction of sp³-hybridized carbons (Fsp3) is 0.432. The van der Waals surface area contributed by atoms with Crippen LogP contribution in [0.15, 0.2) is 95.0 Å². The topological polar surface area (TPSA) is 162 Å². The van der Waals surface area contributed by atoms with Gasteiger partial charge in [0.2, 0.25) is 5.95 Å². The maximum atomic E-state index is 13.3. The number of hydrogen-bond donors (Lipinski definition) is 1. The molecule has 1 N–H and O–H groups in total. The van der Waals surface area contributed by atoms with Gasteiger partial charge in [0.1, 0.15) is 35.3 Å². The highest BCUT2D eigenvalue weighted by Gasteiger charge is 2.45. The third-order valence-electron chi connectivity index (χ3n) is 10.4. The Morgan fingerprint density at radius 3 is 2.13 bits per heavy atom. The highest BCUT2D eigenvalue weighted by molar-refractivity contribution is 7.44. The molecule has 2 unspecified atom stereocenters.